The van der Waals surface area contributed by atoms with Gasteiger partial charge in [-0.05, 0) is 16.7 Å². The number of benzene rings is 3. The van der Waals surface area contributed by atoms with Crippen LogP contribution in [0.25, 0.3) is 0 Å². The van der Waals surface area contributed by atoms with Crippen LogP contribution in [0.1, 0.15) is 16.7 Å². The van der Waals surface area contributed by atoms with Gasteiger partial charge in [0.05, 0.1) is 33.0 Å². The average Bonchev–Trinajstić information content (AvgIpc) is 2.93. The largest absolute Gasteiger partial charge is 0.387 e. The third kappa shape index (κ3) is 7.58. The molecular formula is C30H34O6. The summed E-state index contributed by atoms with van der Waals surface area (Å²) in [4.78, 5) is 0. The number of ether oxygens (including phenoxy) is 5. The Morgan fingerprint density at radius 2 is 1.19 bits per heavy atom. The Labute approximate surface area is 213 Å². The molecule has 6 nitrogen and oxygen atoms in total. The van der Waals surface area contributed by atoms with Crippen LogP contribution >= 0.6 is 0 Å². The Hall–Kier alpha value is -2.84. The van der Waals surface area contributed by atoms with Gasteiger partial charge in [-0.2, -0.15) is 0 Å². The van der Waals surface area contributed by atoms with Crippen LogP contribution in [0, 0.1) is 0 Å². The fourth-order valence-electron chi connectivity index (χ4n) is 4.09. The molecule has 4 rings (SSSR count). The Morgan fingerprint density at radius 3 is 1.72 bits per heavy atom. The second-order valence-electron chi connectivity index (χ2n) is 8.68. The monoisotopic (exact) mass is 490 g/mol. The maximum Gasteiger partial charge on any atom is 0.187 e. The lowest BCUT2D eigenvalue weighted by Gasteiger charge is -2.44. The SMILES string of the molecule is C=CCO[C@H]1O[C@H](COCc2ccccc2)[C@@H](O)[C@H](OCc2ccccc2)[C@@H]1OCc1ccccc1. The molecule has 0 aliphatic carbocycles. The summed E-state index contributed by atoms with van der Waals surface area (Å²) in [7, 11) is 0. The molecule has 0 saturated carbocycles. The molecule has 0 radical (unpaired) electrons. The number of hydrogen-bond donors (Lipinski definition) is 1. The fraction of sp³-hybridized carbons (Fsp3) is 0.333. The van der Waals surface area contributed by atoms with Crippen molar-refractivity contribution in [2.45, 2.75) is 50.5 Å². The topological polar surface area (TPSA) is 66.4 Å². The molecule has 190 valence electrons. The molecule has 3 aromatic carbocycles. The highest BCUT2D eigenvalue weighted by Crippen LogP contribution is 2.29. The van der Waals surface area contributed by atoms with Gasteiger partial charge in [-0.3, -0.25) is 0 Å². The minimum absolute atomic E-state index is 0.181. The van der Waals surface area contributed by atoms with E-state index in [1.807, 2.05) is 91.0 Å². The first-order chi connectivity index (χ1) is 17.7. The van der Waals surface area contributed by atoms with E-state index >= 15 is 0 Å². The zero-order valence-electron chi connectivity index (χ0n) is 20.4. The third-order valence-electron chi connectivity index (χ3n) is 5.96. The predicted molar refractivity (Wildman–Crippen MR) is 137 cm³/mol. The molecule has 3 aromatic rings. The van der Waals surface area contributed by atoms with Crippen molar-refractivity contribution < 1.29 is 28.8 Å². The van der Waals surface area contributed by atoms with Crippen LogP contribution in [0.5, 0.6) is 0 Å². The van der Waals surface area contributed by atoms with Gasteiger partial charge in [-0.15, -0.1) is 6.58 Å². The molecule has 0 bridgehead atoms. The van der Waals surface area contributed by atoms with Crippen molar-refractivity contribution in [3.8, 4) is 0 Å². The van der Waals surface area contributed by atoms with Crippen LogP contribution in [-0.4, -0.2) is 49.0 Å². The van der Waals surface area contributed by atoms with Gasteiger partial charge in [0.15, 0.2) is 6.29 Å². The highest BCUT2D eigenvalue weighted by molar-refractivity contribution is 5.15. The van der Waals surface area contributed by atoms with E-state index in [9.17, 15) is 5.11 Å². The second-order valence-corrected chi connectivity index (χ2v) is 8.68. The zero-order chi connectivity index (χ0) is 25.0. The number of hydrogen-bond acceptors (Lipinski definition) is 6. The first-order valence-corrected chi connectivity index (χ1v) is 12.2. The molecule has 1 fully saturated rings. The summed E-state index contributed by atoms with van der Waals surface area (Å²) in [5, 5.41) is 11.3. The molecule has 1 saturated heterocycles. The van der Waals surface area contributed by atoms with Crippen LogP contribution in [0.15, 0.2) is 104 Å². The summed E-state index contributed by atoms with van der Waals surface area (Å²) in [5.41, 5.74) is 3.05. The minimum atomic E-state index is -0.978. The van der Waals surface area contributed by atoms with Crippen molar-refractivity contribution in [1.82, 2.24) is 0 Å². The van der Waals surface area contributed by atoms with Crippen molar-refractivity contribution in [1.29, 1.82) is 0 Å². The number of aliphatic hydroxyl groups excluding tert-OH is 1. The summed E-state index contributed by atoms with van der Waals surface area (Å²) in [6.45, 7) is 5.26. The molecule has 0 amide bonds. The Morgan fingerprint density at radius 1 is 0.694 bits per heavy atom. The molecular weight excluding hydrogens is 456 g/mol. The minimum Gasteiger partial charge on any atom is -0.387 e. The van der Waals surface area contributed by atoms with Gasteiger partial charge in [0.2, 0.25) is 0 Å². The van der Waals surface area contributed by atoms with E-state index < -0.39 is 30.7 Å². The molecule has 6 heteroatoms. The van der Waals surface area contributed by atoms with E-state index in [0.29, 0.717) is 19.8 Å². The summed E-state index contributed by atoms with van der Waals surface area (Å²) in [6.07, 6.45) is -2.09. The molecule has 1 heterocycles. The van der Waals surface area contributed by atoms with Gasteiger partial charge in [-0.25, -0.2) is 0 Å². The van der Waals surface area contributed by atoms with Crippen molar-refractivity contribution in [3.63, 3.8) is 0 Å². The molecule has 0 aromatic heterocycles. The summed E-state index contributed by atoms with van der Waals surface area (Å²) >= 11 is 0. The third-order valence-corrected chi connectivity index (χ3v) is 5.96. The molecule has 0 spiro atoms. The van der Waals surface area contributed by atoms with Gasteiger partial charge in [-0.1, -0.05) is 97.1 Å². The highest BCUT2D eigenvalue weighted by Gasteiger charge is 2.47. The Balaban J connectivity index is 1.48. The molecule has 36 heavy (non-hydrogen) atoms. The van der Waals surface area contributed by atoms with E-state index in [-0.39, 0.29) is 13.2 Å². The first kappa shape index (κ1) is 26.2. The quantitative estimate of drug-likeness (QED) is 0.352. The smallest absolute Gasteiger partial charge is 0.187 e. The predicted octanol–water partition coefficient (Wildman–Crippen LogP) is 4.66. The van der Waals surface area contributed by atoms with E-state index in [1.54, 1.807) is 6.08 Å². The normalized spacial score (nSPS) is 23.9. The number of rotatable bonds is 13. The van der Waals surface area contributed by atoms with Crippen LogP contribution in [-0.2, 0) is 43.5 Å². The van der Waals surface area contributed by atoms with E-state index in [2.05, 4.69) is 6.58 Å². The van der Waals surface area contributed by atoms with Gasteiger partial charge in [0.25, 0.3) is 0 Å². The van der Waals surface area contributed by atoms with Gasteiger partial charge in [0.1, 0.15) is 24.4 Å². The Bertz CT molecular complexity index is 1010. The van der Waals surface area contributed by atoms with E-state index in [0.717, 1.165) is 16.7 Å². The standard InChI is InChI=1S/C30H34O6/c1-2-18-33-30-29(35-21-25-16-10-5-11-17-25)28(34-20-24-14-8-4-9-15-24)27(31)26(36-30)22-32-19-23-12-6-3-7-13-23/h2-17,26-31H,1,18-22H2/t26-,27-,28+,29+,30+/m1/s1. The Kier molecular flexibility index (Phi) is 10.2. The molecule has 1 aliphatic rings. The van der Waals surface area contributed by atoms with Gasteiger partial charge < -0.3 is 28.8 Å². The highest BCUT2D eigenvalue weighted by atomic mass is 16.7. The zero-order valence-corrected chi connectivity index (χ0v) is 20.4. The molecule has 1 N–H and O–H groups in total. The van der Waals surface area contributed by atoms with Gasteiger partial charge >= 0.3 is 0 Å². The lowest BCUT2D eigenvalue weighted by atomic mass is 9.98. The lowest BCUT2D eigenvalue weighted by molar-refractivity contribution is -0.319. The summed E-state index contributed by atoms with van der Waals surface area (Å²) in [5.74, 6) is 0. The van der Waals surface area contributed by atoms with E-state index in [4.69, 9.17) is 23.7 Å². The molecule has 5 atom stereocenters. The molecule has 1 aliphatic heterocycles. The van der Waals surface area contributed by atoms with Crippen LogP contribution < -0.4 is 0 Å². The van der Waals surface area contributed by atoms with Crippen LogP contribution in [0.2, 0.25) is 0 Å². The molecule has 0 unspecified atom stereocenters. The van der Waals surface area contributed by atoms with E-state index in [1.165, 1.54) is 0 Å². The van der Waals surface area contributed by atoms with Crippen LogP contribution in [0.4, 0.5) is 0 Å². The van der Waals surface area contributed by atoms with Crippen molar-refractivity contribution >= 4 is 0 Å². The first-order valence-electron chi connectivity index (χ1n) is 12.2. The fourth-order valence-corrected chi connectivity index (χ4v) is 4.09. The van der Waals surface area contributed by atoms with Crippen molar-refractivity contribution in [2.75, 3.05) is 13.2 Å². The average molecular weight is 491 g/mol. The maximum absolute atomic E-state index is 11.3. The van der Waals surface area contributed by atoms with Gasteiger partial charge in [0, 0.05) is 0 Å². The van der Waals surface area contributed by atoms with Crippen molar-refractivity contribution in [2.24, 2.45) is 0 Å². The maximum atomic E-state index is 11.3. The van der Waals surface area contributed by atoms with Crippen LogP contribution in [0.3, 0.4) is 0 Å². The number of aliphatic hydroxyl groups is 1. The summed E-state index contributed by atoms with van der Waals surface area (Å²) < 4.78 is 30.6. The van der Waals surface area contributed by atoms with Crippen molar-refractivity contribution in [3.05, 3.63) is 120 Å². The second kappa shape index (κ2) is 14.0. The summed E-state index contributed by atoms with van der Waals surface area (Å²) in [6, 6.07) is 29.6. The lowest BCUT2D eigenvalue weighted by Crippen LogP contribution is -2.61.